The van der Waals surface area contributed by atoms with Crippen LogP contribution in [0.1, 0.15) is 13.8 Å². The highest BCUT2D eigenvalue weighted by atomic mass is 35.5. The van der Waals surface area contributed by atoms with Crippen LogP contribution < -0.4 is 9.80 Å². The molecule has 2 fully saturated rings. The van der Waals surface area contributed by atoms with Gasteiger partial charge in [0.05, 0.1) is 10.6 Å². The highest BCUT2D eigenvalue weighted by Crippen LogP contribution is 2.43. The molecular weight excluding hydrogens is 526 g/mol. The number of benzene rings is 2. The molecule has 3 heterocycles. The lowest BCUT2D eigenvalue weighted by atomic mass is 10.00. The number of phenols is 1. The number of anilines is 2. The molecule has 39 heavy (non-hydrogen) atoms. The molecular formula is C28H31ClF2N6O2. The standard InChI is InChI=1S/C28H31ClF2N6O2/c1-6-22(39)36-11-16(3)37(12-15(36)2)27-18-10-19(29)23(24-20(30)8-7-9-21(24)38)25(31)26(18)32-28(33-27)35-13-17(14-35)34(4)5/h6-10,15-17,38H,1,11-14H2,2-5H3/t15-,16?/m1/s1. The van der Waals surface area contributed by atoms with E-state index in [0.29, 0.717) is 49.4 Å². The monoisotopic (exact) mass is 556 g/mol. The quantitative estimate of drug-likeness (QED) is 0.470. The third-order valence-electron chi connectivity index (χ3n) is 7.68. The van der Waals surface area contributed by atoms with Crippen molar-refractivity contribution in [2.75, 3.05) is 50.1 Å². The van der Waals surface area contributed by atoms with Crippen LogP contribution in [0.3, 0.4) is 0 Å². The number of fused-ring (bicyclic) bond motifs is 1. The van der Waals surface area contributed by atoms with Crippen LogP contribution >= 0.6 is 11.6 Å². The van der Waals surface area contributed by atoms with E-state index in [1.165, 1.54) is 24.3 Å². The van der Waals surface area contributed by atoms with Crippen molar-refractivity contribution in [3.63, 3.8) is 0 Å². The molecule has 2 aliphatic rings. The molecule has 3 aromatic rings. The summed E-state index contributed by atoms with van der Waals surface area (Å²) in [6.07, 6.45) is 1.30. The summed E-state index contributed by atoms with van der Waals surface area (Å²) in [6.45, 7) is 9.73. The third kappa shape index (κ3) is 4.65. The summed E-state index contributed by atoms with van der Waals surface area (Å²) in [5.74, 6) is -1.38. The lowest BCUT2D eigenvalue weighted by Crippen LogP contribution is -2.59. The fraction of sp³-hybridized carbons (Fsp3) is 0.393. The number of likely N-dealkylation sites (N-methyl/N-ethyl adjacent to an activating group) is 1. The molecule has 8 nitrogen and oxygen atoms in total. The average molecular weight is 557 g/mol. The van der Waals surface area contributed by atoms with Crippen LogP contribution in [0.25, 0.3) is 22.0 Å². The molecule has 11 heteroatoms. The van der Waals surface area contributed by atoms with Gasteiger partial charge in [-0.05, 0) is 52.2 Å². The van der Waals surface area contributed by atoms with Crippen molar-refractivity contribution in [1.82, 2.24) is 19.8 Å². The van der Waals surface area contributed by atoms with E-state index in [4.69, 9.17) is 16.6 Å². The Hall–Kier alpha value is -3.50. The Kier molecular flexibility index (Phi) is 7.11. The van der Waals surface area contributed by atoms with E-state index in [-0.39, 0.29) is 39.7 Å². The van der Waals surface area contributed by atoms with Crippen LogP contribution in [0.4, 0.5) is 20.5 Å². The molecule has 2 atom stereocenters. The number of hydrogen-bond acceptors (Lipinski definition) is 7. The van der Waals surface area contributed by atoms with Gasteiger partial charge in [0.15, 0.2) is 5.82 Å². The number of hydrogen-bond donors (Lipinski definition) is 1. The molecule has 1 unspecified atom stereocenters. The summed E-state index contributed by atoms with van der Waals surface area (Å²) in [4.78, 5) is 29.7. The Morgan fingerprint density at radius 3 is 2.49 bits per heavy atom. The number of rotatable bonds is 5. The van der Waals surface area contributed by atoms with Gasteiger partial charge in [0.1, 0.15) is 22.9 Å². The first-order valence-corrected chi connectivity index (χ1v) is 13.2. The molecule has 0 saturated carbocycles. The molecule has 0 aliphatic carbocycles. The summed E-state index contributed by atoms with van der Waals surface area (Å²) < 4.78 is 31.1. The normalized spacial score (nSPS) is 20.1. The van der Waals surface area contributed by atoms with E-state index < -0.39 is 17.4 Å². The summed E-state index contributed by atoms with van der Waals surface area (Å²) >= 11 is 6.57. The molecule has 1 amide bonds. The highest BCUT2D eigenvalue weighted by molar-refractivity contribution is 6.34. The van der Waals surface area contributed by atoms with E-state index in [1.54, 1.807) is 4.90 Å². The molecule has 0 bridgehead atoms. The number of aromatic hydroxyl groups is 1. The third-order valence-corrected chi connectivity index (χ3v) is 7.98. The van der Waals surface area contributed by atoms with Gasteiger partial charge in [-0.15, -0.1) is 0 Å². The second kappa shape index (κ2) is 10.2. The lowest BCUT2D eigenvalue weighted by molar-refractivity contribution is -0.128. The fourth-order valence-corrected chi connectivity index (χ4v) is 5.60. The van der Waals surface area contributed by atoms with Gasteiger partial charge < -0.3 is 24.7 Å². The van der Waals surface area contributed by atoms with E-state index in [0.717, 1.165) is 6.07 Å². The van der Waals surface area contributed by atoms with Gasteiger partial charge in [-0.25, -0.2) is 13.8 Å². The molecule has 0 radical (unpaired) electrons. The Morgan fingerprint density at radius 2 is 1.85 bits per heavy atom. The number of halogens is 3. The topological polar surface area (TPSA) is 76.0 Å². The van der Waals surface area contributed by atoms with Gasteiger partial charge >= 0.3 is 0 Å². The predicted octanol–water partition coefficient (Wildman–Crippen LogP) is 4.30. The van der Waals surface area contributed by atoms with Crippen molar-refractivity contribution in [1.29, 1.82) is 0 Å². The van der Waals surface area contributed by atoms with E-state index in [9.17, 15) is 14.3 Å². The van der Waals surface area contributed by atoms with Crippen LogP contribution in [0.15, 0.2) is 36.9 Å². The number of carbonyl (C=O) groups is 1. The van der Waals surface area contributed by atoms with Crippen molar-refractivity contribution in [3.8, 4) is 16.9 Å². The second-order valence-corrected chi connectivity index (χ2v) is 10.9. The molecule has 1 aromatic heterocycles. The Morgan fingerprint density at radius 1 is 1.13 bits per heavy atom. The number of nitrogens with zero attached hydrogens (tertiary/aromatic N) is 6. The molecule has 206 valence electrons. The number of piperazine rings is 1. The Labute approximate surface area is 231 Å². The average Bonchev–Trinajstić information content (AvgIpc) is 2.85. The first kappa shape index (κ1) is 27.1. The minimum absolute atomic E-state index is 0.0187. The number of phenolic OH excluding ortho intramolecular Hbond substituents is 1. The van der Waals surface area contributed by atoms with Crippen molar-refractivity contribution in [2.24, 2.45) is 0 Å². The van der Waals surface area contributed by atoms with Gasteiger partial charge in [0.2, 0.25) is 11.9 Å². The largest absolute Gasteiger partial charge is 0.507 e. The molecule has 5 rings (SSSR count). The minimum Gasteiger partial charge on any atom is -0.507 e. The summed E-state index contributed by atoms with van der Waals surface area (Å²) in [7, 11) is 3.99. The number of aromatic nitrogens is 2. The van der Waals surface area contributed by atoms with E-state index >= 15 is 4.39 Å². The van der Waals surface area contributed by atoms with Crippen LogP contribution in [0.5, 0.6) is 5.75 Å². The zero-order valence-electron chi connectivity index (χ0n) is 22.3. The van der Waals surface area contributed by atoms with Crippen LogP contribution in [0.2, 0.25) is 5.02 Å². The van der Waals surface area contributed by atoms with Crippen LogP contribution in [0, 0.1) is 11.6 Å². The summed E-state index contributed by atoms with van der Waals surface area (Å²) in [5, 5.41) is 10.7. The Balaban J connectivity index is 1.68. The highest BCUT2D eigenvalue weighted by Gasteiger charge is 2.36. The van der Waals surface area contributed by atoms with Gasteiger partial charge in [0, 0.05) is 55.3 Å². The molecule has 2 saturated heterocycles. The molecule has 0 spiro atoms. The SMILES string of the molecule is C=CC(=O)N1CC(C)N(c2nc(N3CC(N(C)C)C3)nc3c(F)c(-c4c(O)cccc4F)c(Cl)cc23)C[C@H]1C. The van der Waals surface area contributed by atoms with E-state index in [1.807, 2.05) is 37.7 Å². The van der Waals surface area contributed by atoms with Gasteiger partial charge in [0.25, 0.3) is 0 Å². The molecule has 2 aliphatic heterocycles. The first-order valence-electron chi connectivity index (χ1n) is 12.8. The van der Waals surface area contributed by atoms with E-state index in [2.05, 4.69) is 16.5 Å². The minimum atomic E-state index is -0.839. The zero-order chi connectivity index (χ0) is 28.2. The Bertz CT molecular complexity index is 1440. The van der Waals surface area contributed by atoms with Gasteiger partial charge in [-0.3, -0.25) is 4.79 Å². The van der Waals surface area contributed by atoms with Crippen LogP contribution in [-0.4, -0.2) is 89.2 Å². The molecule has 2 aromatic carbocycles. The van der Waals surface area contributed by atoms with Crippen LogP contribution in [-0.2, 0) is 4.79 Å². The van der Waals surface area contributed by atoms with Gasteiger partial charge in [-0.2, -0.15) is 4.98 Å². The maximum absolute atomic E-state index is 16.3. The summed E-state index contributed by atoms with van der Waals surface area (Å²) in [6, 6.07) is 5.28. The van der Waals surface area contributed by atoms with Crippen molar-refractivity contribution in [2.45, 2.75) is 32.0 Å². The maximum atomic E-state index is 16.3. The van der Waals surface area contributed by atoms with Crippen molar-refractivity contribution < 1.29 is 18.7 Å². The number of amides is 1. The zero-order valence-corrected chi connectivity index (χ0v) is 23.1. The maximum Gasteiger partial charge on any atom is 0.246 e. The fourth-order valence-electron chi connectivity index (χ4n) is 5.31. The lowest BCUT2D eigenvalue weighted by Gasteiger charge is -2.45. The van der Waals surface area contributed by atoms with Gasteiger partial charge in [-0.1, -0.05) is 24.2 Å². The van der Waals surface area contributed by atoms with Crippen molar-refractivity contribution in [3.05, 3.63) is 53.6 Å². The smallest absolute Gasteiger partial charge is 0.246 e. The number of carbonyl (C=O) groups excluding carboxylic acids is 1. The summed E-state index contributed by atoms with van der Waals surface area (Å²) in [5.41, 5.74) is -0.596. The van der Waals surface area contributed by atoms with Crippen molar-refractivity contribution >= 4 is 40.2 Å². The first-order chi connectivity index (χ1) is 18.5. The predicted molar refractivity (Wildman–Crippen MR) is 149 cm³/mol. The second-order valence-electron chi connectivity index (χ2n) is 10.5. The molecule has 1 N–H and O–H groups in total.